The molecule has 0 aliphatic carbocycles. The van der Waals surface area contributed by atoms with Crippen molar-refractivity contribution in [2.24, 2.45) is 5.73 Å². The Balaban J connectivity index is 2.24. The molecule has 2 rings (SSSR count). The van der Waals surface area contributed by atoms with Crippen LogP contribution in [0.4, 0.5) is 5.82 Å². The number of nitrogens with zero attached hydrogens (tertiary/aromatic N) is 3. The van der Waals surface area contributed by atoms with E-state index in [-0.39, 0.29) is 11.9 Å². The molecule has 1 saturated heterocycles. The molecule has 2 heterocycles. The van der Waals surface area contributed by atoms with Gasteiger partial charge in [0.15, 0.2) is 0 Å². The minimum absolute atomic E-state index is 0.221. The molecule has 2 N–H and O–H groups in total. The lowest BCUT2D eigenvalue weighted by Crippen LogP contribution is -2.55. The lowest BCUT2D eigenvalue weighted by atomic mass is 10.0. The van der Waals surface area contributed by atoms with E-state index in [1.54, 1.807) is 6.20 Å². The third-order valence-corrected chi connectivity index (χ3v) is 2.83. The van der Waals surface area contributed by atoms with E-state index >= 15 is 0 Å². The molecule has 1 aliphatic heterocycles. The fourth-order valence-electron chi connectivity index (χ4n) is 1.45. The van der Waals surface area contributed by atoms with Crippen molar-refractivity contribution in [3.8, 4) is 0 Å². The highest BCUT2D eigenvalue weighted by Crippen LogP contribution is 2.29. The van der Waals surface area contributed by atoms with E-state index in [1.807, 2.05) is 4.90 Å². The van der Waals surface area contributed by atoms with E-state index in [9.17, 15) is 4.79 Å². The Morgan fingerprint density at radius 2 is 2.50 bits per heavy atom. The highest BCUT2D eigenvalue weighted by Gasteiger charge is 2.34. The first kappa shape index (κ1) is 9.39. The second-order valence-electron chi connectivity index (χ2n) is 3.09. The van der Waals surface area contributed by atoms with Gasteiger partial charge in [0.05, 0.1) is 4.47 Å². The summed E-state index contributed by atoms with van der Waals surface area (Å²) in [5.41, 5.74) is 5.24. The molecule has 0 spiro atoms. The molecule has 0 radical (unpaired) electrons. The van der Waals surface area contributed by atoms with Crippen LogP contribution in [0.25, 0.3) is 0 Å². The number of halogens is 1. The van der Waals surface area contributed by atoms with E-state index < -0.39 is 0 Å². The van der Waals surface area contributed by atoms with Crippen molar-refractivity contribution in [1.82, 2.24) is 9.97 Å². The van der Waals surface area contributed by atoms with Crippen LogP contribution in [0.2, 0.25) is 0 Å². The average Bonchev–Trinajstić information content (AvgIpc) is 2.05. The minimum atomic E-state index is -0.304. The summed E-state index contributed by atoms with van der Waals surface area (Å²) in [6.45, 7) is 0.809. The normalized spacial score (nSPS) is 20.4. The van der Waals surface area contributed by atoms with E-state index in [1.165, 1.54) is 6.33 Å². The van der Waals surface area contributed by atoms with Crippen LogP contribution in [-0.4, -0.2) is 28.5 Å². The molecule has 74 valence electrons. The van der Waals surface area contributed by atoms with Gasteiger partial charge >= 0.3 is 0 Å². The van der Waals surface area contributed by atoms with Crippen molar-refractivity contribution >= 4 is 27.7 Å². The first-order valence-corrected chi connectivity index (χ1v) is 5.01. The standard InChI is InChI=1S/C8H9BrN4O/c9-5-3-11-4-12-8(5)13-2-1-6(13)7(10)14/h3-4,6H,1-2H2,(H2,10,14). The predicted molar refractivity (Wildman–Crippen MR) is 54.7 cm³/mol. The number of hydrogen-bond acceptors (Lipinski definition) is 4. The maximum Gasteiger partial charge on any atom is 0.240 e. The average molecular weight is 257 g/mol. The molecule has 6 heteroatoms. The van der Waals surface area contributed by atoms with Crippen molar-refractivity contribution in [3.63, 3.8) is 0 Å². The number of carbonyl (C=O) groups excluding carboxylic acids is 1. The maximum atomic E-state index is 11.0. The first-order valence-electron chi connectivity index (χ1n) is 4.21. The zero-order valence-electron chi connectivity index (χ0n) is 7.35. The summed E-state index contributed by atoms with van der Waals surface area (Å²) in [5.74, 6) is 0.428. The molecule has 1 unspecified atom stereocenters. The van der Waals surface area contributed by atoms with E-state index in [4.69, 9.17) is 5.73 Å². The minimum Gasteiger partial charge on any atom is -0.368 e. The summed E-state index contributed by atoms with van der Waals surface area (Å²) < 4.78 is 0.783. The molecule has 1 aromatic rings. The lowest BCUT2D eigenvalue weighted by Gasteiger charge is -2.39. The monoisotopic (exact) mass is 256 g/mol. The second kappa shape index (κ2) is 3.53. The molecule has 0 saturated carbocycles. The first-order chi connectivity index (χ1) is 6.70. The summed E-state index contributed by atoms with van der Waals surface area (Å²) in [5, 5.41) is 0. The van der Waals surface area contributed by atoms with Crippen LogP contribution >= 0.6 is 15.9 Å². The molecule has 0 bridgehead atoms. The number of carbonyl (C=O) groups is 1. The maximum absolute atomic E-state index is 11.0. The van der Waals surface area contributed by atoms with Crippen LogP contribution < -0.4 is 10.6 Å². The van der Waals surface area contributed by atoms with Gasteiger partial charge in [-0.05, 0) is 22.4 Å². The van der Waals surface area contributed by atoms with Crippen LogP contribution in [-0.2, 0) is 4.79 Å². The van der Waals surface area contributed by atoms with E-state index in [2.05, 4.69) is 25.9 Å². The summed E-state index contributed by atoms with van der Waals surface area (Å²) in [6.07, 6.45) is 3.90. The molecule has 14 heavy (non-hydrogen) atoms. The van der Waals surface area contributed by atoms with Gasteiger partial charge in [-0.3, -0.25) is 4.79 Å². The number of anilines is 1. The molecule has 1 aromatic heterocycles. The highest BCUT2D eigenvalue weighted by atomic mass is 79.9. The highest BCUT2D eigenvalue weighted by molar-refractivity contribution is 9.10. The van der Waals surface area contributed by atoms with Crippen LogP contribution in [0, 0.1) is 0 Å². The third-order valence-electron chi connectivity index (χ3n) is 2.27. The van der Waals surface area contributed by atoms with Gasteiger partial charge in [0.25, 0.3) is 0 Å². The quantitative estimate of drug-likeness (QED) is 0.827. The van der Waals surface area contributed by atoms with Crippen molar-refractivity contribution in [2.75, 3.05) is 11.4 Å². The molecule has 1 aliphatic rings. The fourth-order valence-corrected chi connectivity index (χ4v) is 1.90. The van der Waals surface area contributed by atoms with Gasteiger partial charge in [0, 0.05) is 12.7 Å². The molecular formula is C8H9BrN4O. The number of hydrogen-bond donors (Lipinski definition) is 1. The third kappa shape index (κ3) is 1.45. The van der Waals surface area contributed by atoms with Gasteiger partial charge < -0.3 is 10.6 Å². The number of amides is 1. The van der Waals surface area contributed by atoms with Gasteiger partial charge in [-0.25, -0.2) is 9.97 Å². The second-order valence-corrected chi connectivity index (χ2v) is 3.95. The molecule has 0 aromatic carbocycles. The van der Waals surface area contributed by atoms with Crippen LogP contribution in [0.3, 0.4) is 0 Å². The molecular weight excluding hydrogens is 248 g/mol. The summed E-state index contributed by atoms with van der Waals surface area (Å²) in [6, 6.07) is -0.221. The zero-order valence-corrected chi connectivity index (χ0v) is 8.94. The SMILES string of the molecule is NC(=O)C1CCN1c1ncncc1Br. The van der Waals surface area contributed by atoms with Crippen LogP contribution in [0.15, 0.2) is 17.0 Å². The van der Waals surface area contributed by atoms with Crippen molar-refractivity contribution in [3.05, 3.63) is 17.0 Å². The van der Waals surface area contributed by atoms with Gasteiger partial charge in [0.2, 0.25) is 5.91 Å². The van der Waals surface area contributed by atoms with Gasteiger partial charge in [-0.15, -0.1) is 0 Å². The number of primary amides is 1. The molecule has 1 fully saturated rings. The number of rotatable bonds is 2. The van der Waals surface area contributed by atoms with Crippen LogP contribution in [0.1, 0.15) is 6.42 Å². The van der Waals surface area contributed by atoms with Crippen LogP contribution in [0.5, 0.6) is 0 Å². The number of nitrogens with two attached hydrogens (primary N) is 1. The van der Waals surface area contributed by atoms with Gasteiger partial charge in [-0.2, -0.15) is 0 Å². The smallest absolute Gasteiger partial charge is 0.240 e. The fraction of sp³-hybridized carbons (Fsp3) is 0.375. The van der Waals surface area contributed by atoms with Gasteiger partial charge in [-0.1, -0.05) is 0 Å². The predicted octanol–water partition coefficient (Wildman–Crippen LogP) is 0.303. The Hall–Kier alpha value is -1.17. The van der Waals surface area contributed by atoms with Gasteiger partial charge in [0.1, 0.15) is 18.2 Å². The van der Waals surface area contributed by atoms with Crippen molar-refractivity contribution in [2.45, 2.75) is 12.5 Å². The molecule has 1 amide bonds. The zero-order chi connectivity index (χ0) is 10.1. The summed E-state index contributed by atoms with van der Waals surface area (Å²) in [7, 11) is 0. The Bertz CT molecular complexity index is 370. The Labute approximate surface area is 89.5 Å². The summed E-state index contributed by atoms with van der Waals surface area (Å²) >= 11 is 3.33. The molecule has 5 nitrogen and oxygen atoms in total. The number of aromatic nitrogens is 2. The van der Waals surface area contributed by atoms with Crippen molar-refractivity contribution in [1.29, 1.82) is 0 Å². The lowest BCUT2D eigenvalue weighted by molar-refractivity contribution is -0.120. The van der Waals surface area contributed by atoms with Crippen molar-refractivity contribution < 1.29 is 4.79 Å². The van der Waals surface area contributed by atoms with E-state index in [0.717, 1.165) is 23.3 Å². The molecule has 1 atom stereocenters. The Kier molecular flexibility index (Phi) is 2.37. The Morgan fingerprint density at radius 1 is 1.71 bits per heavy atom. The topological polar surface area (TPSA) is 72.1 Å². The van der Waals surface area contributed by atoms with E-state index in [0.29, 0.717) is 0 Å². The largest absolute Gasteiger partial charge is 0.368 e. The summed E-state index contributed by atoms with van der Waals surface area (Å²) in [4.78, 5) is 20.8. The Morgan fingerprint density at radius 3 is 3.00 bits per heavy atom.